The van der Waals surface area contributed by atoms with E-state index in [0.717, 1.165) is 30.8 Å². The third-order valence-corrected chi connectivity index (χ3v) is 5.14. The minimum absolute atomic E-state index is 0.287. The molecule has 0 bridgehead atoms. The van der Waals surface area contributed by atoms with Crippen molar-refractivity contribution in [2.45, 2.75) is 38.0 Å². The third kappa shape index (κ3) is 4.52. The van der Waals surface area contributed by atoms with E-state index in [4.69, 9.17) is 4.74 Å². The van der Waals surface area contributed by atoms with E-state index in [1.54, 1.807) is 22.9 Å². The Morgan fingerprint density at radius 2 is 1.97 bits per heavy atom. The van der Waals surface area contributed by atoms with E-state index in [9.17, 15) is 18.0 Å². The first kappa shape index (κ1) is 20.8. The van der Waals surface area contributed by atoms with E-state index in [2.05, 4.69) is 20.4 Å². The number of aromatic nitrogens is 4. The first-order chi connectivity index (χ1) is 14.8. The van der Waals surface area contributed by atoms with Crippen molar-refractivity contribution in [3.63, 3.8) is 0 Å². The van der Waals surface area contributed by atoms with Crippen LogP contribution in [0.15, 0.2) is 42.7 Å². The number of pyridine rings is 2. The number of fused-ring (bicyclic) bond motifs is 1. The van der Waals surface area contributed by atoms with Crippen molar-refractivity contribution >= 4 is 5.91 Å². The molecule has 1 unspecified atom stereocenters. The summed E-state index contributed by atoms with van der Waals surface area (Å²) in [6.07, 6.45) is 0.520. The van der Waals surface area contributed by atoms with Gasteiger partial charge in [-0.15, -0.1) is 0 Å². The fourth-order valence-electron chi connectivity index (χ4n) is 3.58. The quantitative estimate of drug-likeness (QED) is 0.675. The molecule has 3 aromatic rings. The minimum atomic E-state index is -4.53. The number of hydrogen-bond donors (Lipinski definition) is 1. The van der Waals surface area contributed by atoms with Crippen LogP contribution in [0.2, 0.25) is 0 Å². The van der Waals surface area contributed by atoms with Gasteiger partial charge in [0.1, 0.15) is 5.69 Å². The molecule has 7 nitrogen and oxygen atoms in total. The van der Waals surface area contributed by atoms with Gasteiger partial charge in [-0.3, -0.25) is 14.5 Å². The van der Waals surface area contributed by atoms with Gasteiger partial charge in [0.15, 0.2) is 0 Å². The largest absolute Gasteiger partial charge is 0.481 e. The zero-order chi connectivity index (χ0) is 22.0. The summed E-state index contributed by atoms with van der Waals surface area (Å²) in [4.78, 5) is 20.2. The number of methoxy groups -OCH3 is 1. The molecule has 10 heteroatoms. The zero-order valence-electron chi connectivity index (χ0n) is 16.7. The van der Waals surface area contributed by atoms with Gasteiger partial charge in [-0.2, -0.15) is 18.3 Å². The van der Waals surface area contributed by atoms with Crippen molar-refractivity contribution in [2.75, 3.05) is 7.11 Å². The maximum absolute atomic E-state index is 13.0. The zero-order valence-corrected chi connectivity index (χ0v) is 16.7. The Balaban J connectivity index is 1.62. The number of amides is 1. The Morgan fingerprint density at radius 1 is 1.16 bits per heavy atom. The molecule has 1 aliphatic rings. The lowest BCUT2D eigenvalue weighted by Gasteiger charge is -2.17. The highest BCUT2D eigenvalue weighted by Gasteiger charge is 2.33. The molecule has 1 N–H and O–H groups in total. The van der Waals surface area contributed by atoms with E-state index < -0.39 is 11.9 Å². The normalized spacial score (nSPS) is 16.3. The maximum Gasteiger partial charge on any atom is 0.433 e. The van der Waals surface area contributed by atoms with Crippen LogP contribution in [0.5, 0.6) is 5.88 Å². The number of hydrogen-bond acceptors (Lipinski definition) is 5. The van der Waals surface area contributed by atoms with Gasteiger partial charge >= 0.3 is 6.18 Å². The van der Waals surface area contributed by atoms with Gasteiger partial charge in [-0.05, 0) is 43.5 Å². The minimum Gasteiger partial charge on any atom is -0.481 e. The molecule has 0 aromatic carbocycles. The maximum atomic E-state index is 13.0. The summed E-state index contributed by atoms with van der Waals surface area (Å²) in [6, 6.07) is 7.03. The number of ether oxygens (including phenoxy) is 1. The second-order valence-electron chi connectivity index (χ2n) is 7.21. The van der Waals surface area contributed by atoms with Gasteiger partial charge in [0, 0.05) is 36.1 Å². The van der Waals surface area contributed by atoms with Crippen LogP contribution >= 0.6 is 0 Å². The van der Waals surface area contributed by atoms with E-state index >= 15 is 0 Å². The van der Waals surface area contributed by atoms with Crippen molar-refractivity contribution in [1.29, 1.82) is 0 Å². The van der Waals surface area contributed by atoms with Gasteiger partial charge in [-0.1, -0.05) is 0 Å². The molecular formula is C21H20F3N5O2. The van der Waals surface area contributed by atoms with Gasteiger partial charge in [-0.25, -0.2) is 4.98 Å². The predicted molar refractivity (Wildman–Crippen MR) is 105 cm³/mol. The first-order valence-electron chi connectivity index (χ1n) is 9.77. The Morgan fingerprint density at radius 3 is 2.74 bits per heavy atom. The van der Waals surface area contributed by atoms with E-state index in [1.807, 2.05) is 0 Å². The summed E-state index contributed by atoms with van der Waals surface area (Å²) >= 11 is 0. The molecule has 1 aliphatic heterocycles. The number of nitrogens with one attached hydrogen (secondary N) is 1. The standard InChI is InChI=1S/C21H20F3N5O2/c1-31-19-11-14(6-8-26-19)20(30)27-15-4-2-3-9-29-17(15)12-16(28-29)13-5-7-25-18(10-13)21(22,23)24/h5-8,10-12,15H,2-4,9H2,1H3,(H,27,30). The average Bonchev–Trinajstić information content (AvgIpc) is 3.11. The highest BCUT2D eigenvalue weighted by atomic mass is 19.4. The molecule has 31 heavy (non-hydrogen) atoms. The number of aryl methyl sites for hydroxylation is 1. The molecule has 162 valence electrons. The highest BCUT2D eigenvalue weighted by Crippen LogP contribution is 2.32. The second kappa shape index (κ2) is 8.37. The second-order valence-corrected chi connectivity index (χ2v) is 7.21. The van der Waals surface area contributed by atoms with Gasteiger partial charge in [0.2, 0.25) is 5.88 Å². The Kier molecular flexibility index (Phi) is 5.62. The van der Waals surface area contributed by atoms with Crippen LogP contribution in [0.25, 0.3) is 11.3 Å². The lowest BCUT2D eigenvalue weighted by atomic mass is 10.1. The number of nitrogens with zero attached hydrogens (tertiary/aromatic N) is 4. The number of alkyl halides is 3. The van der Waals surface area contributed by atoms with Gasteiger partial charge in [0.25, 0.3) is 5.91 Å². The van der Waals surface area contributed by atoms with Crippen molar-refractivity contribution in [1.82, 2.24) is 25.1 Å². The lowest BCUT2D eigenvalue weighted by molar-refractivity contribution is -0.141. The Bertz CT molecular complexity index is 1100. The third-order valence-electron chi connectivity index (χ3n) is 5.14. The van der Waals surface area contributed by atoms with Gasteiger partial charge in [0.05, 0.1) is 24.5 Å². The summed E-state index contributed by atoms with van der Waals surface area (Å²) < 4.78 is 45.9. The van der Waals surface area contributed by atoms with Crippen molar-refractivity contribution < 1.29 is 22.7 Å². The van der Waals surface area contributed by atoms with Crippen LogP contribution in [0.4, 0.5) is 13.2 Å². The molecule has 4 heterocycles. The SMILES string of the molecule is COc1cc(C(=O)NC2CCCCn3nc(-c4ccnc(C(F)(F)F)c4)cc32)ccn1. The van der Waals surface area contributed by atoms with Crippen molar-refractivity contribution in [3.05, 3.63) is 59.7 Å². The van der Waals surface area contributed by atoms with Gasteiger partial charge < -0.3 is 10.1 Å². The van der Waals surface area contributed by atoms with E-state index in [1.165, 1.54) is 19.4 Å². The average molecular weight is 431 g/mol. The topological polar surface area (TPSA) is 81.9 Å². The summed E-state index contributed by atoms with van der Waals surface area (Å²) in [6.45, 7) is 0.627. The molecule has 1 atom stereocenters. The Labute approximate surface area is 176 Å². The number of halogens is 3. The van der Waals surface area contributed by atoms with Crippen molar-refractivity contribution in [2.24, 2.45) is 0 Å². The fourth-order valence-corrected chi connectivity index (χ4v) is 3.58. The molecule has 4 rings (SSSR count). The molecule has 0 saturated heterocycles. The Hall–Kier alpha value is -3.43. The summed E-state index contributed by atoms with van der Waals surface area (Å²) in [5.74, 6) is 0.0455. The smallest absolute Gasteiger partial charge is 0.433 e. The van der Waals surface area contributed by atoms with Crippen LogP contribution in [0.1, 0.15) is 47.1 Å². The molecule has 3 aromatic heterocycles. The lowest BCUT2D eigenvalue weighted by Crippen LogP contribution is -2.29. The number of rotatable bonds is 4. The first-order valence-corrected chi connectivity index (χ1v) is 9.77. The summed E-state index contributed by atoms with van der Waals surface area (Å²) in [7, 11) is 1.47. The fraction of sp³-hybridized carbons (Fsp3) is 0.333. The molecule has 0 aliphatic carbocycles. The van der Waals surface area contributed by atoms with E-state index in [-0.39, 0.29) is 11.9 Å². The van der Waals surface area contributed by atoms with Crippen LogP contribution in [0.3, 0.4) is 0 Å². The molecule has 0 spiro atoms. The van der Waals surface area contributed by atoms with Crippen LogP contribution in [-0.4, -0.2) is 32.8 Å². The molecule has 0 radical (unpaired) electrons. The summed E-state index contributed by atoms with van der Waals surface area (Å²) in [5.41, 5.74) is 0.935. The number of carbonyl (C=O) groups excluding carboxylic acids is 1. The van der Waals surface area contributed by atoms with Crippen molar-refractivity contribution in [3.8, 4) is 17.1 Å². The van der Waals surface area contributed by atoms with Crippen LogP contribution in [0, 0.1) is 0 Å². The monoisotopic (exact) mass is 431 g/mol. The van der Waals surface area contributed by atoms with E-state index in [0.29, 0.717) is 35.7 Å². The number of carbonyl (C=O) groups is 1. The predicted octanol–water partition coefficient (Wildman–Crippen LogP) is 4.02. The molecular weight excluding hydrogens is 411 g/mol. The highest BCUT2D eigenvalue weighted by molar-refractivity contribution is 5.94. The molecule has 0 saturated carbocycles. The molecule has 1 amide bonds. The van der Waals surface area contributed by atoms with Crippen LogP contribution in [-0.2, 0) is 12.7 Å². The van der Waals surface area contributed by atoms with Crippen LogP contribution < -0.4 is 10.1 Å². The molecule has 0 fully saturated rings. The summed E-state index contributed by atoms with van der Waals surface area (Å²) in [5, 5.41) is 7.51.